The molecule has 3 aliphatic heterocycles. The Morgan fingerprint density at radius 3 is 2.28 bits per heavy atom. The van der Waals surface area contributed by atoms with Crippen LogP contribution in [0.4, 0.5) is 14.5 Å². The zero-order valence-electron chi connectivity index (χ0n) is 30.2. The van der Waals surface area contributed by atoms with E-state index in [1.807, 2.05) is 52.6 Å². The average molecular weight is 730 g/mol. The van der Waals surface area contributed by atoms with Crippen LogP contribution >= 0.6 is 0 Å². The summed E-state index contributed by atoms with van der Waals surface area (Å²) in [7, 11) is 3.47. The van der Waals surface area contributed by atoms with Gasteiger partial charge in [0.05, 0.1) is 49.5 Å². The molecule has 2 N–H and O–H groups in total. The highest BCUT2D eigenvalue weighted by Gasteiger charge is 2.50. The number of nitrogens with zero attached hydrogens (tertiary/aromatic N) is 7. The summed E-state index contributed by atoms with van der Waals surface area (Å²) < 4.78 is 35.1. The van der Waals surface area contributed by atoms with Crippen molar-refractivity contribution in [1.29, 1.82) is 0 Å². The Bertz CT molecular complexity index is 1950. The number of nitrogens with one attached hydrogen (secondary N) is 2. The van der Waals surface area contributed by atoms with E-state index >= 15 is 0 Å². The SMILES string of the molecule is Cc1c(C(=O)Nc2ccc(CNC(=O)c3ncc4n3CCN(Cc3ccc(C(=O)N(C)C)cc3)C43COC3)cc2)cnn1C1CCN(CC(F)F)CC1. The molecule has 280 valence electrons. The second-order valence-electron chi connectivity index (χ2n) is 14.3. The van der Waals surface area contributed by atoms with Gasteiger partial charge in [0.15, 0.2) is 5.82 Å². The summed E-state index contributed by atoms with van der Waals surface area (Å²) in [6.07, 6.45) is 2.39. The minimum absolute atomic E-state index is 0.0345. The van der Waals surface area contributed by atoms with Crippen LogP contribution in [0.5, 0.6) is 0 Å². The number of piperidine rings is 1. The van der Waals surface area contributed by atoms with Crippen LogP contribution in [0.25, 0.3) is 0 Å². The smallest absolute Gasteiger partial charge is 0.287 e. The zero-order valence-corrected chi connectivity index (χ0v) is 30.2. The van der Waals surface area contributed by atoms with E-state index < -0.39 is 6.43 Å². The predicted octanol–water partition coefficient (Wildman–Crippen LogP) is 3.92. The molecule has 2 aromatic heterocycles. The average Bonchev–Trinajstić information content (AvgIpc) is 3.74. The molecule has 0 unspecified atom stereocenters. The van der Waals surface area contributed by atoms with Gasteiger partial charge in [-0.15, -0.1) is 0 Å². The Labute approximate surface area is 306 Å². The van der Waals surface area contributed by atoms with E-state index in [-0.39, 0.29) is 42.4 Å². The fraction of sp³-hybridized carbons (Fsp3) is 0.447. The number of imidazole rings is 1. The maximum Gasteiger partial charge on any atom is 0.287 e. The number of halogens is 2. The molecule has 0 radical (unpaired) electrons. The lowest BCUT2D eigenvalue weighted by atomic mass is 9.88. The molecule has 3 aliphatic rings. The van der Waals surface area contributed by atoms with Gasteiger partial charge in [-0.25, -0.2) is 13.8 Å². The quantitative estimate of drug-likeness (QED) is 0.238. The van der Waals surface area contributed by atoms with Crippen LogP contribution in [0.15, 0.2) is 60.9 Å². The van der Waals surface area contributed by atoms with E-state index in [2.05, 4.69) is 25.6 Å². The van der Waals surface area contributed by atoms with Gasteiger partial charge in [-0.1, -0.05) is 24.3 Å². The van der Waals surface area contributed by atoms with E-state index in [9.17, 15) is 23.2 Å². The molecule has 0 saturated carbocycles. The van der Waals surface area contributed by atoms with Gasteiger partial charge in [0.1, 0.15) is 5.54 Å². The van der Waals surface area contributed by atoms with E-state index in [0.717, 1.165) is 22.5 Å². The number of fused-ring (bicyclic) bond motifs is 2. The molecule has 0 atom stereocenters. The predicted molar refractivity (Wildman–Crippen MR) is 193 cm³/mol. The van der Waals surface area contributed by atoms with Crippen molar-refractivity contribution in [2.24, 2.45) is 0 Å². The van der Waals surface area contributed by atoms with Crippen molar-refractivity contribution in [2.75, 3.05) is 58.8 Å². The summed E-state index contributed by atoms with van der Waals surface area (Å²) in [6.45, 7) is 6.06. The molecule has 0 bridgehead atoms. The fourth-order valence-corrected chi connectivity index (χ4v) is 7.56. The molecule has 2 saturated heterocycles. The highest BCUT2D eigenvalue weighted by atomic mass is 19.3. The van der Waals surface area contributed by atoms with E-state index in [4.69, 9.17) is 4.74 Å². The number of hydrogen-bond donors (Lipinski definition) is 2. The van der Waals surface area contributed by atoms with Crippen LogP contribution in [-0.4, -0.2) is 112 Å². The number of carbonyl (C=O) groups is 3. The van der Waals surface area contributed by atoms with Crippen molar-refractivity contribution in [3.05, 3.63) is 100 Å². The summed E-state index contributed by atoms with van der Waals surface area (Å²) in [5.74, 6) is -0.230. The Hall–Kier alpha value is -4.99. The topological polar surface area (TPSA) is 130 Å². The van der Waals surface area contributed by atoms with Gasteiger partial charge in [0.25, 0.3) is 24.1 Å². The van der Waals surface area contributed by atoms with Crippen molar-refractivity contribution in [1.82, 2.24) is 39.3 Å². The summed E-state index contributed by atoms with van der Waals surface area (Å²) in [6, 6.07) is 15.0. The van der Waals surface area contributed by atoms with Gasteiger partial charge in [-0.2, -0.15) is 5.10 Å². The van der Waals surface area contributed by atoms with E-state index in [1.165, 1.54) is 0 Å². The van der Waals surface area contributed by atoms with E-state index in [0.29, 0.717) is 81.4 Å². The minimum atomic E-state index is -2.34. The molecule has 4 aromatic rings. The summed E-state index contributed by atoms with van der Waals surface area (Å²) in [5.41, 5.74) is 4.98. The van der Waals surface area contributed by atoms with E-state index in [1.54, 1.807) is 48.4 Å². The first-order valence-corrected chi connectivity index (χ1v) is 17.9. The molecule has 5 heterocycles. The van der Waals surface area contributed by atoms with Crippen molar-refractivity contribution in [3.8, 4) is 0 Å². The Kier molecular flexibility index (Phi) is 10.4. The van der Waals surface area contributed by atoms with Crippen LogP contribution < -0.4 is 10.6 Å². The second kappa shape index (κ2) is 15.2. The summed E-state index contributed by atoms with van der Waals surface area (Å²) >= 11 is 0. The molecule has 3 amide bonds. The molecule has 13 nitrogen and oxygen atoms in total. The maximum atomic E-state index is 13.4. The van der Waals surface area contributed by atoms with Crippen molar-refractivity contribution in [3.63, 3.8) is 0 Å². The lowest BCUT2D eigenvalue weighted by Crippen LogP contribution is -2.63. The number of alkyl halides is 2. The van der Waals surface area contributed by atoms with Crippen molar-refractivity contribution in [2.45, 2.75) is 57.4 Å². The normalized spacial score (nSPS) is 17.4. The van der Waals surface area contributed by atoms with Crippen molar-refractivity contribution < 1.29 is 27.9 Å². The largest absolute Gasteiger partial charge is 0.377 e. The first-order chi connectivity index (χ1) is 25.5. The second-order valence-corrected chi connectivity index (χ2v) is 14.3. The van der Waals surface area contributed by atoms with Crippen LogP contribution in [0.1, 0.15) is 72.7 Å². The molecule has 15 heteroatoms. The van der Waals surface area contributed by atoms with Gasteiger partial charge < -0.3 is 24.8 Å². The molecular formula is C38H45F2N9O4. The molecule has 2 fully saturated rings. The number of carbonyl (C=O) groups excluding carboxylic acids is 3. The molecule has 7 rings (SSSR count). The number of benzene rings is 2. The monoisotopic (exact) mass is 729 g/mol. The number of anilines is 1. The third-order valence-electron chi connectivity index (χ3n) is 10.6. The molecule has 0 aliphatic carbocycles. The van der Waals surface area contributed by atoms with Gasteiger partial charge in [-0.3, -0.25) is 28.9 Å². The number of hydrogen-bond acceptors (Lipinski definition) is 8. The third kappa shape index (κ3) is 7.46. The lowest BCUT2D eigenvalue weighted by Gasteiger charge is -2.52. The highest BCUT2D eigenvalue weighted by molar-refractivity contribution is 6.04. The lowest BCUT2D eigenvalue weighted by molar-refractivity contribution is -0.162. The van der Waals surface area contributed by atoms with Crippen LogP contribution in [-0.2, 0) is 29.9 Å². The fourth-order valence-electron chi connectivity index (χ4n) is 7.56. The van der Waals surface area contributed by atoms with Gasteiger partial charge in [-0.05, 0) is 55.2 Å². The van der Waals surface area contributed by atoms with Gasteiger partial charge in [0, 0.05) is 70.3 Å². The first-order valence-electron chi connectivity index (χ1n) is 17.9. The zero-order chi connectivity index (χ0) is 37.3. The molecule has 2 aromatic carbocycles. The molecule has 1 spiro atoms. The van der Waals surface area contributed by atoms with Gasteiger partial charge in [0.2, 0.25) is 0 Å². The minimum Gasteiger partial charge on any atom is -0.377 e. The first kappa shape index (κ1) is 36.4. The number of aromatic nitrogens is 4. The van der Waals surface area contributed by atoms with Crippen molar-refractivity contribution >= 4 is 23.4 Å². The Morgan fingerprint density at radius 2 is 1.64 bits per heavy atom. The Balaban J connectivity index is 0.929. The van der Waals surface area contributed by atoms with Gasteiger partial charge >= 0.3 is 0 Å². The third-order valence-corrected chi connectivity index (χ3v) is 10.6. The standard InChI is InChI=1S/C38H45F2N9O4/c1-25-31(19-43-49(25)30-12-14-46(15-13-30)22-33(39)40)35(50)44-29-10-6-26(7-11-29)18-42-36(51)34-41-20-32-38(23-53-24-38)47(16-17-48(32)34)21-27-4-8-28(9-5-27)37(52)45(2)3/h4-11,19-20,30,33H,12-18,21-24H2,1-3H3,(H,42,51)(H,44,50). The summed E-state index contributed by atoms with van der Waals surface area (Å²) in [5, 5.41) is 10.4. The number of amides is 3. The maximum absolute atomic E-state index is 13.4. The van der Waals surface area contributed by atoms with Crippen LogP contribution in [0.3, 0.4) is 0 Å². The van der Waals surface area contributed by atoms with Crippen LogP contribution in [0, 0.1) is 6.92 Å². The molecule has 53 heavy (non-hydrogen) atoms. The number of likely N-dealkylation sites (tertiary alicyclic amines) is 1. The van der Waals surface area contributed by atoms with Crippen LogP contribution in [0.2, 0.25) is 0 Å². The highest BCUT2D eigenvalue weighted by Crippen LogP contribution is 2.40. The summed E-state index contributed by atoms with van der Waals surface area (Å²) in [4.78, 5) is 49.1. The molecular weight excluding hydrogens is 684 g/mol. The Morgan fingerprint density at radius 1 is 0.943 bits per heavy atom. The number of rotatable bonds is 11. The number of ether oxygens (including phenoxy) is 1.